The molecule has 1 N–H and O–H groups in total. The molecule has 0 spiro atoms. The molecule has 0 saturated heterocycles. The summed E-state index contributed by atoms with van der Waals surface area (Å²) in [7, 11) is 2.06. The van der Waals surface area contributed by atoms with Gasteiger partial charge in [0.1, 0.15) is 5.82 Å². The molecule has 0 bridgehead atoms. The van der Waals surface area contributed by atoms with Crippen LogP contribution in [0.4, 0.5) is 5.82 Å². The smallest absolute Gasteiger partial charge is 0.133 e. The first-order chi connectivity index (χ1) is 8.74. The molecule has 3 nitrogen and oxygen atoms in total. The summed E-state index contributed by atoms with van der Waals surface area (Å²) in [6, 6.07) is 2.14. The molecule has 106 valence electrons. The second-order valence-corrected chi connectivity index (χ2v) is 6.16. The first-order valence-corrected chi connectivity index (χ1v) is 6.79. The Labute approximate surface area is 117 Å². The summed E-state index contributed by atoms with van der Waals surface area (Å²) in [5, 5.41) is 3.54. The minimum absolute atomic E-state index is 0.103. The van der Waals surface area contributed by atoms with Crippen molar-refractivity contribution in [3.8, 4) is 0 Å². The molecule has 0 saturated carbocycles. The quantitative estimate of drug-likeness (QED) is 0.825. The minimum Gasteiger partial charge on any atom is -0.356 e. The Morgan fingerprint density at radius 3 is 2.53 bits per heavy atom. The maximum atomic E-state index is 4.69. The van der Waals surface area contributed by atoms with Crippen molar-refractivity contribution in [2.75, 3.05) is 18.5 Å². The van der Waals surface area contributed by atoms with Gasteiger partial charge in [-0.3, -0.25) is 0 Å². The zero-order chi connectivity index (χ0) is 14.6. The van der Waals surface area contributed by atoms with E-state index in [9.17, 15) is 0 Å². The maximum Gasteiger partial charge on any atom is 0.133 e. The fraction of sp³-hybridized carbons (Fsp3) is 0.562. The van der Waals surface area contributed by atoms with Gasteiger partial charge in [-0.05, 0) is 46.2 Å². The highest BCUT2D eigenvalue weighted by Crippen LogP contribution is 2.22. The number of rotatable bonds is 5. The Morgan fingerprint density at radius 1 is 1.37 bits per heavy atom. The Balaban J connectivity index is 3.09. The topological polar surface area (TPSA) is 28.2 Å². The largest absolute Gasteiger partial charge is 0.356 e. The van der Waals surface area contributed by atoms with E-state index in [-0.39, 0.29) is 5.54 Å². The lowest BCUT2D eigenvalue weighted by Gasteiger charge is -2.25. The second-order valence-electron chi connectivity index (χ2n) is 6.16. The van der Waals surface area contributed by atoms with Gasteiger partial charge < -0.3 is 10.2 Å². The van der Waals surface area contributed by atoms with Crippen LogP contribution in [0.3, 0.4) is 0 Å². The Bertz CT molecular complexity index is 444. The average molecular weight is 261 g/mol. The fourth-order valence-corrected chi connectivity index (χ4v) is 2.01. The molecule has 0 aliphatic carbocycles. The first-order valence-electron chi connectivity index (χ1n) is 6.79. The molecule has 19 heavy (non-hydrogen) atoms. The lowest BCUT2D eigenvalue weighted by atomic mass is 10.1. The van der Waals surface area contributed by atoms with Gasteiger partial charge in [-0.2, -0.15) is 0 Å². The van der Waals surface area contributed by atoms with E-state index < -0.39 is 0 Å². The SMILES string of the molecule is C=CCN(C)c1nc(C)cc(C)c1CNC(C)(C)C. The van der Waals surface area contributed by atoms with Crippen molar-refractivity contribution in [2.45, 2.75) is 46.7 Å². The first kappa shape index (κ1) is 15.7. The lowest BCUT2D eigenvalue weighted by molar-refractivity contribution is 0.423. The predicted molar refractivity (Wildman–Crippen MR) is 83.8 cm³/mol. The van der Waals surface area contributed by atoms with Gasteiger partial charge in [0.2, 0.25) is 0 Å². The summed E-state index contributed by atoms with van der Waals surface area (Å²) in [5.41, 5.74) is 3.72. The van der Waals surface area contributed by atoms with Gasteiger partial charge in [-0.25, -0.2) is 4.98 Å². The number of anilines is 1. The van der Waals surface area contributed by atoms with Crippen LogP contribution in [0.2, 0.25) is 0 Å². The second kappa shape index (κ2) is 6.20. The molecule has 1 heterocycles. The molecule has 0 aliphatic rings. The Hall–Kier alpha value is -1.35. The van der Waals surface area contributed by atoms with Crippen molar-refractivity contribution in [1.29, 1.82) is 0 Å². The lowest BCUT2D eigenvalue weighted by Crippen LogP contribution is -2.36. The van der Waals surface area contributed by atoms with E-state index in [2.05, 4.69) is 57.6 Å². The third kappa shape index (κ3) is 4.67. The van der Waals surface area contributed by atoms with E-state index in [4.69, 9.17) is 4.98 Å². The predicted octanol–water partition coefficient (Wildman–Crippen LogP) is 3.21. The molecule has 0 amide bonds. The highest BCUT2D eigenvalue weighted by Gasteiger charge is 2.15. The summed E-state index contributed by atoms with van der Waals surface area (Å²) >= 11 is 0. The van der Waals surface area contributed by atoms with E-state index in [1.165, 1.54) is 11.1 Å². The third-order valence-electron chi connectivity index (χ3n) is 3.01. The number of aryl methyl sites for hydroxylation is 2. The van der Waals surface area contributed by atoms with Crippen molar-refractivity contribution in [3.63, 3.8) is 0 Å². The van der Waals surface area contributed by atoms with Gasteiger partial charge in [0.25, 0.3) is 0 Å². The maximum absolute atomic E-state index is 4.69. The van der Waals surface area contributed by atoms with E-state index in [0.717, 1.165) is 24.6 Å². The molecule has 0 aromatic carbocycles. The molecule has 0 aliphatic heterocycles. The summed E-state index contributed by atoms with van der Waals surface area (Å²) in [6.45, 7) is 16.2. The van der Waals surface area contributed by atoms with Crippen LogP contribution in [-0.4, -0.2) is 24.1 Å². The standard InChI is InChI=1S/C16H27N3/c1-8-9-19(7)15-14(11-17-16(4,5)6)12(2)10-13(3)18-15/h8,10,17H,1,9,11H2,2-7H3. The van der Waals surface area contributed by atoms with Gasteiger partial charge in [-0.1, -0.05) is 6.08 Å². The number of nitrogens with zero attached hydrogens (tertiary/aromatic N) is 2. The van der Waals surface area contributed by atoms with Crippen molar-refractivity contribution in [1.82, 2.24) is 10.3 Å². The zero-order valence-electron chi connectivity index (χ0n) is 13.2. The van der Waals surface area contributed by atoms with Gasteiger partial charge in [0.05, 0.1) is 0 Å². The van der Waals surface area contributed by atoms with Crippen LogP contribution in [0.5, 0.6) is 0 Å². The van der Waals surface area contributed by atoms with Crippen LogP contribution in [-0.2, 0) is 6.54 Å². The van der Waals surface area contributed by atoms with Crippen molar-refractivity contribution in [2.24, 2.45) is 0 Å². The summed E-state index contributed by atoms with van der Waals surface area (Å²) in [6.07, 6.45) is 1.90. The Morgan fingerprint density at radius 2 is 2.00 bits per heavy atom. The molecular formula is C16H27N3. The summed E-state index contributed by atoms with van der Waals surface area (Å²) in [5.74, 6) is 1.05. The number of hydrogen-bond acceptors (Lipinski definition) is 3. The highest BCUT2D eigenvalue weighted by atomic mass is 15.2. The molecule has 1 aromatic heterocycles. The van der Waals surface area contributed by atoms with Gasteiger partial charge >= 0.3 is 0 Å². The fourth-order valence-electron chi connectivity index (χ4n) is 2.01. The number of nitrogens with one attached hydrogen (secondary N) is 1. The number of aromatic nitrogens is 1. The molecule has 1 aromatic rings. The molecular weight excluding hydrogens is 234 g/mol. The van der Waals surface area contributed by atoms with Crippen LogP contribution >= 0.6 is 0 Å². The molecule has 0 unspecified atom stereocenters. The van der Waals surface area contributed by atoms with E-state index in [1.807, 2.05) is 13.0 Å². The van der Waals surface area contributed by atoms with Crippen LogP contribution in [0, 0.1) is 13.8 Å². The van der Waals surface area contributed by atoms with Crippen LogP contribution in [0.25, 0.3) is 0 Å². The number of likely N-dealkylation sites (N-methyl/N-ethyl adjacent to an activating group) is 1. The summed E-state index contributed by atoms with van der Waals surface area (Å²) in [4.78, 5) is 6.84. The van der Waals surface area contributed by atoms with Crippen molar-refractivity contribution >= 4 is 5.82 Å². The molecule has 0 fully saturated rings. The molecule has 0 atom stereocenters. The van der Waals surface area contributed by atoms with Gasteiger partial charge in [-0.15, -0.1) is 6.58 Å². The van der Waals surface area contributed by atoms with E-state index in [0.29, 0.717) is 0 Å². The minimum atomic E-state index is 0.103. The molecule has 3 heteroatoms. The zero-order valence-corrected chi connectivity index (χ0v) is 13.2. The summed E-state index contributed by atoms with van der Waals surface area (Å²) < 4.78 is 0. The van der Waals surface area contributed by atoms with E-state index >= 15 is 0 Å². The van der Waals surface area contributed by atoms with Gasteiger partial charge in [0, 0.05) is 36.9 Å². The normalized spacial score (nSPS) is 11.5. The van der Waals surface area contributed by atoms with Gasteiger partial charge in [0.15, 0.2) is 0 Å². The number of pyridine rings is 1. The average Bonchev–Trinajstić information content (AvgIpc) is 2.25. The Kier molecular flexibility index (Phi) is 5.12. The number of hydrogen-bond donors (Lipinski definition) is 1. The third-order valence-corrected chi connectivity index (χ3v) is 3.01. The van der Waals surface area contributed by atoms with Crippen LogP contribution in [0.15, 0.2) is 18.7 Å². The monoisotopic (exact) mass is 261 g/mol. The van der Waals surface area contributed by atoms with Crippen LogP contribution < -0.4 is 10.2 Å². The highest BCUT2D eigenvalue weighted by molar-refractivity contribution is 5.51. The van der Waals surface area contributed by atoms with Crippen molar-refractivity contribution in [3.05, 3.63) is 35.5 Å². The molecule has 0 radical (unpaired) electrons. The van der Waals surface area contributed by atoms with Crippen molar-refractivity contribution < 1.29 is 0 Å². The van der Waals surface area contributed by atoms with Crippen LogP contribution in [0.1, 0.15) is 37.6 Å². The molecule has 1 rings (SSSR count). The van der Waals surface area contributed by atoms with E-state index in [1.54, 1.807) is 0 Å².